The molecule has 3 N–H and O–H groups in total. The summed E-state index contributed by atoms with van der Waals surface area (Å²) in [6, 6.07) is 0. The molecule has 0 atom stereocenters. The minimum atomic E-state index is -4.64. The topological polar surface area (TPSA) is 77.8 Å². The van der Waals surface area contributed by atoms with Crippen LogP contribution in [-0.2, 0) is 4.57 Å². The quantitative estimate of drug-likeness (QED) is 0.366. The molecule has 9 heavy (non-hydrogen) atoms. The van der Waals surface area contributed by atoms with E-state index in [0.717, 1.165) is 0 Å². The summed E-state index contributed by atoms with van der Waals surface area (Å²) in [5, 5.41) is 0. The Labute approximate surface area is 150 Å². The Bertz CT molecular complexity index is 62.7. The monoisotopic (exact) mass is 250 g/mol. The standard InChI is InChI=1S/2ClH.2K.H3O4P.2H/c;;;;1-5(2,3)4;;/h2*1H;;;(H3,1,2,3,4);;. The number of rotatable bonds is 0. The first kappa shape index (κ1) is 29.3. The molecule has 0 rings (SSSR count). The van der Waals surface area contributed by atoms with Crippen molar-refractivity contribution in [2.24, 2.45) is 0 Å². The maximum atomic E-state index is 8.88. The van der Waals surface area contributed by atoms with Gasteiger partial charge in [0.1, 0.15) is 0 Å². The summed E-state index contributed by atoms with van der Waals surface area (Å²) < 4.78 is 8.88. The minimum absolute atomic E-state index is 0. The normalized spacial score (nSPS) is 6.56. The average Bonchev–Trinajstić information content (AvgIpc) is 0.722. The molecular weight excluding hydrogens is 244 g/mol. The van der Waals surface area contributed by atoms with Crippen LogP contribution >= 0.6 is 32.6 Å². The van der Waals surface area contributed by atoms with Crippen LogP contribution in [0, 0.1) is 0 Å². The van der Waals surface area contributed by atoms with Gasteiger partial charge in [-0.05, 0) is 0 Å². The summed E-state index contributed by atoms with van der Waals surface area (Å²) in [4.78, 5) is 21.6. The van der Waals surface area contributed by atoms with Gasteiger partial charge in [0.05, 0.1) is 0 Å². The van der Waals surface area contributed by atoms with Gasteiger partial charge in [0.15, 0.2) is 0 Å². The van der Waals surface area contributed by atoms with Gasteiger partial charge in [-0.3, -0.25) is 0 Å². The van der Waals surface area contributed by atoms with Gasteiger partial charge in [-0.2, -0.15) is 0 Å². The predicted molar refractivity (Wildman–Crippen MR) is 43.1 cm³/mol. The summed E-state index contributed by atoms with van der Waals surface area (Å²) in [5.41, 5.74) is 0. The first-order valence-corrected chi connectivity index (χ1v) is 2.35. The van der Waals surface area contributed by atoms with E-state index in [1.807, 2.05) is 0 Å². The van der Waals surface area contributed by atoms with Crippen molar-refractivity contribution in [3.63, 3.8) is 0 Å². The molecule has 0 aliphatic carbocycles. The molecule has 0 aromatic heterocycles. The van der Waals surface area contributed by atoms with Gasteiger partial charge in [-0.1, -0.05) is 0 Å². The molecule has 0 aromatic carbocycles. The summed E-state index contributed by atoms with van der Waals surface area (Å²) in [6.45, 7) is 0. The Morgan fingerprint density at radius 2 is 0.889 bits per heavy atom. The number of phosphoric acid groups is 1. The molecule has 0 fully saturated rings. The first-order chi connectivity index (χ1) is 2.00. The van der Waals surface area contributed by atoms with Crippen LogP contribution in [0.5, 0.6) is 0 Å². The first-order valence-electron chi connectivity index (χ1n) is 0.783. The van der Waals surface area contributed by atoms with Crippen molar-refractivity contribution in [3.8, 4) is 0 Å². The van der Waals surface area contributed by atoms with E-state index in [0.29, 0.717) is 0 Å². The van der Waals surface area contributed by atoms with Crippen LogP contribution in [0.25, 0.3) is 0 Å². The Morgan fingerprint density at radius 3 is 0.889 bits per heavy atom. The van der Waals surface area contributed by atoms with Crippen molar-refractivity contribution in [3.05, 3.63) is 0 Å². The fraction of sp³-hybridized carbons (Fsp3) is 0. The third-order valence-electron chi connectivity index (χ3n) is 0. The third kappa shape index (κ3) is 75.6. The zero-order valence-corrected chi connectivity index (χ0v) is 5.54. The van der Waals surface area contributed by atoms with E-state index in [1.54, 1.807) is 0 Å². The molecule has 0 aromatic rings. The van der Waals surface area contributed by atoms with Crippen molar-refractivity contribution in [1.82, 2.24) is 0 Å². The van der Waals surface area contributed by atoms with Crippen molar-refractivity contribution in [1.29, 1.82) is 0 Å². The van der Waals surface area contributed by atoms with Gasteiger partial charge < -0.3 is 14.7 Å². The van der Waals surface area contributed by atoms with Crippen LogP contribution < -0.4 is 0 Å². The van der Waals surface area contributed by atoms with E-state index in [4.69, 9.17) is 19.2 Å². The van der Waals surface area contributed by atoms with Gasteiger partial charge in [-0.25, -0.2) is 4.57 Å². The van der Waals surface area contributed by atoms with Crippen LogP contribution in [0.15, 0.2) is 0 Å². The summed E-state index contributed by atoms with van der Waals surface area (Å²) in [5.74, 6) is 0. The fourth-order valence-corrected chi connectivity index (χ4v) is 0. The third-order valence-corrected chi connectivity index (χ3v) is 0. The summed E-state index contributed by atoms with van der Waals surface area (Å²) in [7, 11) is -4.64. The predicted octanol–water partition coefficient (Wildman–Crippen LogP) is -1.38. The second-order valence-corrected chi connectivity index (χ2v) is 1.54. The Kier molecular flexibility index (Phi) is 47.1. The van der Waals surface area contributed by atoms with Crippen molar-refractivity contribution in [2.45, 2.75) is 0 Å². The SMILES string of the molecule is Cl.Cl.O=P(O)(O)O.[KH].[KH]. The molecule has 4 nitrogen and oxygen atoms in total. The molecule has 0 bridgehead atoms. The second kappa shape index (κ2) is 14.5. The Balaban J connectivity index is -0.0000000133. The van der Waals surface area contributed by atoms with Gasteiger partial charge in [0.25, 0.3) is 0 Å². The summed E-state index contributed by atoms with van der Waals surface area (Å²) >= 11 is 0. The van der Waals surface area contributed by atoms with E-state index in [2.05, 4.69) is 0 Å². The number of hydrogen-bond donors (Lipinski definition) is 3. The molecule has 0 spiro atoms. The van der Waals surface area contributed by atoms with Crippen LogP contribution in [0.4, 0.5) is 0 Å². The zero-order chi connectivity index (χ0) is 4.50. The summed E-state index contributed by atoms with van der Waals surface area (Å²) in [6.07, 6.45) is 0. The Hall–Kier alpha value is 3.96. The molecule has 0 saturated carbocycles. The van der Waals surface area contributed by atoms with Crippen LogP contribution in [0.3, 0.4) is 0 Å². The molecule has 0 heterocycles. The molecule has 0 radical (unpaired) electrons. The van der Waals surface area contributed by atoms with Gasteiger partial charge in [0, 0.05) is 0 Å². The van der Waals surface area contributed by atoms with E-state index in [1.165, 1.54) is 0 Å². The van der Waals surface area contributed by atoms with Crippen LogP contribution in [-0.4, -0.2) is 117 Å². The second-order valence-electron chi connectivity index (χ2n) is 0.513. The molecule has 9 heteroatoms. The molecule has 0 saturated heterocycles. The van der Waals surface area contributed by atoms with E-state index in [9.17, 15) is 0 Å². The van der Waals surface area contributed by atoms with Crippen molar-refractivity contribution < 1.29 is 19.2 Å². The molecule has 0 aliphatic heterocycles. The van der Waals surface area contributed by atoms with Crippen LogP contribution in [0.1, 0.15) is 0 Å². The van der Waals surface area contributed by atoms with Crippen molar-refractivity contribution in [2.75, 3.05) is 0 Å². The molecule has 0 amide bonds. The van der Waals surface area contributed by atoms with Crippen molar-refractivity contribution >= 4 is 135 Å². The van der Waals surface area contributed by atoms with Gasteiger partial charge in [-0.15, -0.1) is 24.8 Å². The fourth-order valence-electron chi connectivity index (χ4n) is 0. The van der Waals surface area contributed by atoms with Gasteiger partial charge >= 0.3 is 111 Å². The molecule has 52 valence electrons. The zero-order valence-electron chi connectivity index (χ0n) is 3.01. The van der Waals surface area contributed by atoms with E-state index >= 15 is 0 Å². The van der Waals surface area contributed by atoms with Gasteiger partial charge in [0.2, 0.25) is 0 Å². The number of halogens is 2. The average molecular weight is 251 g/mol. The Morgan fingerprint density at radius 1 is 0.889 bits per heavy atom. The maximum absolute atomic E-state index is 8.88. The molecule has 0 unspecified atom stereocenters. The molecule has 0 aliphatic rings. The van der Waals surface area contributed by atoms with E-state index in [-0.39, 0.29) is 128 Å². The van der Waals surface area contributed by atoms with E-state index < -0.39 is 7.82 Å². The number of hydrogen-bond acceptors (Lipinski definition) is 1. The van der Waals surface area contributed by atoms with Crippen LogP contribution in [0.2, 0.25) is 0 Å². The molecular formula is H7Cl2K2O4P.